The summed E-state index contributed by atoms with van der Waals surface area (Å²) in [5.41, 5.74) is 7.53. The van der Waals surface area contributed by atoms with Crippen molar-refractivity contribution < 1.29 is 4.79 Å². The Labute approximate surface area is 115 Å². The molecule has 2 N–H and O–H groups in total. The molecule has 0 bridgehead atoms. The summed E-state index contributed by atoms with van der Waals surface area (Å²) in [5.74, 6) is 0.707. The Kier molecular flexibility index (Phi) is 4.59. The van der Waals surface area contributed by atoms with Gasteiger partial charge < -0.3 is 10.6 Å². The van der Waals surface area contributed by atoms with Gasteiger partial charge in [-0.1, -0.05) is 26.0 Å². The van der Waals surface area contributed by atoms with E-state index in [-0.39, 0.29) is 5.91 Å². The van der Waals surface area contributed by atoms with E-state index in [1.54, 1.807) is 0 Å². The van der Waals surface area contributed by atoms with Crippen LogP contribution < -0.4 is 5.73 Å². The Hall–Kier alpha value is -1.35. The molecule has 1 aliphatic rings. The first-order chi connectivity index (χ1) is 9.13. The molecule has 1 aromatic carbocycles. The van der Waals surface area contributed by atoms with Crippen LogP contribution in [0.2, 0.25) is 0 Å². The van der Waals surface area contributed by atoms with Gasteiger partial charge in [-0.15, -0.1) is 0 Å². The van der Waals surface area contributed by atoms with E-state index in [0.29, 0.717) is 18.5 Å². The molecule has 1 amide bonds. The third kappa shape index (κ3) is 3.16. The van der Waals surface area contributed by atoms with Gasteiger partial charge in [-0.2, -0.15) is 0 Å². The van der Waals surface area contributed by atoms with Gasteiger partial charge >= 0.3 is 0 Å². The highest BCUT2D eigenvalue weighted by Gasteiger charge is 2.31. The lowest BCUT2D eigenvalue weighted by Crippen LogP contribution is -2.38. The minimum Gasteiger partial charge on any atom is -0.335 e. The quantitative estimate of drug-likeness (QED) is 0.904. The van der Waals surface area contributed by atoms with E-state index in [2.05, 4.69) is 13.8 Å². The van der Waals surface area contributed by atoms with Crippen molar-refractivity contribution in [3.8, 4) is 0 Å². The summed E-state index contributed by atoms with van der Waals surface area (Å²) in [6.45, 7) is 5.93. The monoisotopic (exact) mass is 260 g/mol. The molecule has 1 aliphatic heterocycles. The molecule has 0 radical (unpaired) electrons. The summed E-state index contributed by atoms with van der Waals surface area (Å²) in [4.78, 5) is 14.6. The molecule has 1 saturated heterocycles. The SMILES string of the molecule is CC(C)C1CCCN1C(=O)c1ccc(CCN)cc1. The van der Waals surface area contributed by atoms with Crippen LogP contribution in [0.5, 0.6) is 0 Å². The van der Waals surface area contributed by atoms with E-state index in [1.165, 1.54) is 5.56 Å². The number of amides is 1. The molecular weight excluding hydrogens is 236 g/mol. The topological polar surface area (TPSA) is 46.3 Å². The Morgan fingerprint density at radius 3 is 2.63 bits per heavy atom. The number of carbonyl (C=O) groups excluding carboxylic acids is 1. The average molecular weight is 260 g/mol. The number of nitrogens with zero attached hydrogens (tertiary/aromatic N) is 1. The molecule has 3 heteroatoms. The zero-order valence-corrected chi connectivity index (χ0v) is 11.9. The van der Waals surface area contributed by atoms with E-state index in [1.807, 2.05) is 29.2 Å². The molecule has 1 unspecified atom stereocenters. The van der Waals surface area contributed by atoms with Gasteiger partial charge in [-0.05, 0) is 49.4 Å². The van der Waals surface area contributed by atoms with E-state index in [4.69, 9.17) is 5.73 Å². The summed E-state index contributed by atoms with van der Waals surface area (Å²) in [7, 11) is 0. The van der Waals surface area contributed by atoms with Crippen LogP contribution in [0.4, 0.5) is 0 Å². The van der Waals surface area contributed by atoms with Crippen molar-refractivity contribution >= 4 is 5.91 Å². The first kappa shape index (κ1) is 14.1. The Balaban J connectivity index is 2.10. The largest absolute Gasteiger partial charge is 0.335 e. The van der Waals surface area contributed by atoms with E-state index >= 15 is 0 Å². The minimum absolute atomic E-state index is 0.176. The highest BCUT2D eigenvalue weighted by atomic mass is 16.2. The summed E-state index contributed by atoms with van der Waals surface area (Å²) in [5, 5.41) is 0. The van der Waals surface area contributed by atoms with Crippen molar-refractivity contribution in [2.45, 2.75) is 39.2 Å². The maximum absolute atomic E-state index is 12.5. The molecule has 0 aromatic heterocycles. The lowest BCUT2D eigenvalue weighted by molar-refractivity contribution is 0.0701. The smallest absolute Gasteiger partial charge is 0.254 e. The van der Waals surface area contributed by atoms with Gasteiger partial charge in [-0.3, -0.25) is 4.79 Å². The number of benzene rings is 1. The van der Waals surface area contributed by atoms with Gasteiger partial charge in [0, 0.05) is 18.2 Å². The normalized spacial score (nSPS) is 19.2. The third-order valence-electron chi connectivity index (χ3n) is 3.96. The lowest BCUT2D eigenvalue weighted by atomic mass is 10.0. The summed E-state index contributed by atoms with van der Waals surface area (Å²) in [6.07, 6.45) is 3.13. The predicted octanol–water partition coefficient (Wildman–Crippen LogP) is 2.45. The first-order valence-electron chi connectivity index (χ1n) is 7.23. The molecule has 1 aromatic rings. The van der Waals surface area contributed by atoms with Crippen molar-refractivity contribution in [3.05, 3.63) is 35.4 Å². The summed E-state index contributed by atoms with van der Waals surface area (Å²) >= 11 is 0. The maximum Gasteiger partial charge on any atom is 0.254 e. The number of hydrogen-bond acceptors (Lipinski definition) is 2. The molecule has 0 aliphatic carbocycles. The van der Waals surface area contributed by atoms with Crippen LogP contribution >= 0.6 is 0 Å². The van der Waals surface area contributed by atoms with E-state index < -0.39 is 0 Å². The number of nitrogens with two attached hydrogens (primary N) is 1. The fourth-order valence-electron chi connectivity index (χ4n) is 2.88. The van der Waals surface area contributed by atoms with Crippen LogP contribution in [0, 0.1) is 5.92 Å². The van der Waals surface area contributed by atoms with Crippen LogP contribution in [-0.4, -0.2) is 29.9 Å². The Bertz CT molecular complexity index is 425. The third-order valence-corrected chi connectivity index (χ3v) is 3.96. The molecule has 2 rings (SSSR count). The molecule has 1 fully saturated rings. The fourth-order valence-corrected chi connectivity index (χ4v) is 2.88. The molecule has 1 atom stereocenters. The maximum atomic E-state index is 12.5. The Morgan fingerprint density at radius 1 is 1.37 bits per heavy atom. The van der Waals surface area contributed by atoms with Crippen LogP contribution in [0.15, 0.2) is 24.3 Å². The van der Waals surface area contributed by atoms with Crippen molar-refractivity contribution in [1.82, 2.24) is 4.90 Å². The molecule has 3 nitrogen and oxygen atoms in total. The van der Waals surface area contributed by atoms with Gasteiger partial charge in [-0.25, -0.2) is 0 Å². The zero-order valence-electron chi connectivity index (χ0n) is 11.9. The molecule has 0 spiro atoms. The number of rotatable bonds is 4. The van der Waals surface area contributed by atoms with Crippen LogP contribution in [0.3, 0.4) is 0 Å². The second-order valence-electron chi connectivity index (χ2n) is 5.69. The highest BCUT2D eigenvalue weighted by molar-refractivity contribution is 5.94. The van der Waals surface area contributed by atoms with Gasteiger partial charge in [0.05, 0.1) is 0 Å². The van der Waals surface area contributed by atoms with E-state index in [9.17, 15) is 4.79 Å². The van der Waals surface area contributed by atoms with Crippen LogP contribution in [-0.2, 0) is 6.42 Å². The number of hydrogen-bond donors (Lipinski definition) is 1. The van der Waals surface area contributed by atoms with Crippen molar-refractivity contribution in [2.24, 2.45) is 11.7 Å². The molecule has 0 saturated carbocycles. The number of carbonyl (C=O) groups is 1. The van der Waals surface area contributed by atoms with Gasteiger partial charge in [0.2, 0.25) is 0 Å². The zero-order chi connectivity index (χ0) is 13.8. The minimum atomic E-state index is 0.176. The average Bonchev–Trinajstić information content (AvgIpc) is 2.88. The predicted molar refractivity (Wildman–Crippen MR) is 78.1 cm³/mol. The van der Waals surface area contributed by atoms with Crippen LogP contribution in [0.1, 0.15) is 42.6 Å². The molecular formula is C16H24N2O. The van der Waals surface area contributed by atoms with Crippen LogP contribution in [0.25, 0.3) is 0 Å². The fraction of sp³-hybridized carbons (Fsp3) is 0.562. The van der Waals surface area contributed by atoms with Gasteiger partial charge in [0.25, 0.3) is 5.91 Å². The summed E-state index contributed by atoms with van der Waals surface area (Å²) in [6, 6.07) is 8.30. The standard InChI is InChI=1S/C16H24N2O/c1-12(2)15-4-3-11-18(15)16(19)14-7-5-13(6-8-14)9-10-17/h5-8,12,15H,3-4,9-11,17H2,1-2H3. The molecule has 1 heterocycles. The van der Waals surface area contributed by atoms with E-state index in [0.717, 1.165) is 31.4 Å². The molecule has 19 heavy (non-hydrogen) atoms. The van der Waals surface area contributed by atoms with Gasteiger partial charge in [0.15, 0.2) is 0 Å². The van der Waals surface area contributed by atoms with Crippen molar-refractivity contribution in [1.29, 1.82) is 0 Å². The molecule has 104 valence electrons. The lowest BCUT2D eigenvalue weighted by Gasteiger charge is -2.27. The van der Waals surface area contributed by atoms with Crippen molar-refractivity contribution in [3.63, 3.8) is 0 Å². The Morgan fingerprint density at radius 2 is 2.05 bits per heavy atom. The summed E-state index contributed by atoms with van der Waals surface area (Å²) < 4.78 is 0. The second-order valence-corrected chi connectivity index (χ2v) is 5.69. The van der Waals surface area contributed by atoms with Gasteiger partial charge in [0.1, 0.15) is 0 Å². The number of likely N-dealkylation sites (tertiary alicyclic amines) is 1. The second kappa shape index (κ2) is 6.20. The first-order valence-corrected chi connectivity index (χ1v) is 7.23. The highest BCUT2D eigenvalue weighted by Crippen LogP contribution is 2.25. The van der Waals surface area contributed by atoms with Crippen molar-refractivity contribution in [2.75, 3.05) is 13.1 Å².